The highest BCUT2D eigenvalue weighted by Gasteiger charge is 2.57. The SMILES string of the molecule is CCCCCCOc1ccc(S(OC(=O)C23CC4CC(CC(C4)C2)C3)(c2ccccc2)c2ccccc2)cc1. The van der Waals surface area contributed by atoms with Gasteiger partial charge in [-0.2, -0.15) is 0 Å². The fourth-order valence-electron chi connectivity index (χ4n) is 7.79. The summed E-state index contributed by atoms with van der Waals surface area (Å²) in [5.74, 6) is 2.97. The van der Waals surface area contributed by atoms with Crippen LogP contribution in [0.1, 0.15) is 71.1 Å². The molecule has 0 aromatic heterocycles. The summed E-state index contributed by atoms with van der Waals surface area (Å²) in [5, 5.41) is 0. The van der Waals surface area contributed by atoms with Crippen molar-refractivity contribution in [1.82, 2.24) is 0 Å². The van der Waals surface area contributed by atoms with Crippen molar-refractivity contribution in [2.75, 3.05) is 6.61 Å². The average Bonchev–Trinajstić information content (AvgIpc) is 2.96. The van der Waals surface area contributed by atoms with Gasteiger partial charge in [-0.15, -0.1) is 0 Å². The summed E-state index contributed by atoms with van der Waals surface area (Å²) in [6.45, 7) is 2.96. The van der Waals surface area contributed by atoms with Gasteiger partial charge < -0.3 is 8.92 Å². The molecule has 4 fully saturated rings. The minimum Gasteiger partial charge on any atom is -0.494 e. The molecule has 7 rings (SSSR count). The zero-order chi connectivity index (χ0) is 26.7. The standard InChI is InChI=1S/C35H42O3S/c1-2-3-4-11-20-37-30-16-18-33(19-17-30)39(31-12-7-5-8-13-31,32-14-9-6-10-15-32)38-34(36)35-24-27-21-28(25-35)23-29(22-27)26-35/h5-10,12-19,27-29H,2-4,11,20-26H2,1H3. The first kappa shape index (κ1) is 26.5. The van der Waals surface area contributed by atoms with Crippen LogP contribution < -0.4 is 4.74 Å². The number of rotatable bonds is 11. The van der Waals surface area contributed by atoms with E-state index in [0.29, 0.717) is 17.8 Å². The van der Waals surface area contributed by atoms with E-state index in [1.165, 1.54) is 38.5 Å². The van der Waals surface area contributed by atoms with E-state index in [1.807, 2.05) is 12.1 Å². The van der Waals surface area contributed by atoms with Crippen molar-refractivity contribution in [3.05, 3.63) is 84.9 Å². The second kappa shape index (κ2) is 11.4. The van der Waals surface area contributed by atoms with Crippen LogP contribution in [0.25, 0.3) is 0 Å². The van der Waals surface area contributed by atoms with Crippen LogP contribution in [0, 0.1) is 23.2 Å². The minimum absolute atomic E-state index is 0.0283. The molecule has 3 nitrogen and oxygen atoms in total. The van der Waals surface area contributed by atoms with Crippen molar-refractivity contribution in [3.8, 4) is 5.75 Å². The van der Waals surface area contributed by atoms with Gasteiger partial charge in [-0.1, -0.05) is 62.6 Å². The molecule has 4 heteroatoms. The van der Waals surface area contributed by atoms with Gasteiger partial charge in [-0.05, 0) is 122 Å². The van der Waals surface area contributed by atoms with Crippen LogP contribution in [0.4, 0.5) is 0 Å². The van der Waals surface area contributed by atoms with E-state index in [-0.39, 0.29) is 11.4 Å². The molecule has 4 bridgehead atoms. The van der Waals surface area contributed by atoms with Crippen molar-refractivity contribution in [2.45, 2.75) is 85.8 Å². The summed E-state index contributed by atoms with van der Waals surface area (Å²) in [5.41, 5.74) is -0.321. The molecule has 3 aromatic carbocycles. The molecule has 0 saturated heterocycles. The Morgan fingerprint density at radius 3 is 1.74 bits per heavy atom. The minimum atomic E-state index is -2.28. The van der Waals surface area contributed by atoms with Crippen molar-refractivity contribution >= 4 is 16.3 Å². The van der Waals surface area contributed by atoms with Crippen molar-refractivity contribution in [1.29, 1.82) is 0 Å². The lowest BCUT2D eigenvalue weighted by atomic mass is 9.49. The number of hydrogen-bond acceptors (Lipinski definition) is 3. The molecule has 0 radical (unpaired) electrons. The van der Waals surface area contributed by atoms with Crippen LogP contribution in [-0.2, 0) is 8.98 Å². The first-order chi connectivity index (χ1) is 19.1. The first-order valence-electron chi connectivity index (χ1n) is 15.0. The van der Waals surface area contributed by atoms with Crippen LogP contribution in [-0.4, -0.2) is 12.6 Å². The predicted molar refractivity (Wildman–Crippen MR) is 158 cm³/mol. The fraction of sp³-hybridized carbons (Fsp3) is 0.457. The molecule has 206 valence electrons. The van der Waals surface area contributed by atoms with E-state index in [0.717, 1.165) is 52.7 Å². The molecular weight excluding hydrogens is 500 g/mol. The first-order valence-corrected chi connectivity index (χ1v) is 16.6. The van der Waals surface area contributed by atoms with E-state index in [9.17, 15) is 4.79 Å². The van der Waals surface area contributed by atoms with Gasteiger partial charge in [0.1, 0.15) is 5.75 Å². The summed E-state index contributed by atoms with van der Waals surface area (Å²) in [6.07, 6.45) is 11.7. The van der Waals surface area contributed by atoms with Gasteiger partial charge in [0.15, 0.2) is 0 Å². The van der Waals surface area contributed by atoms with Crippen LogP contribution in [0.5, 0.6) is 5.75 Å². The third-order valence-electron chi connectivity index (χ3n) is 9.24. The number of hydrogen-bond donors (Lipinski definition) is 0. The zero-order valence-corrected chi connectivity index (χ0v) is 24.0. The van der Waals surface area contributed by atoms with Gasteiger partial charge in [0, 0.05) is 14.7 Å². The number of ether oxygens (including phenoxy) is 1. The molecular formula is C35H42O3S. The Balaban J connectivity index is 1.37. The zero-order valence-electron chi connectivity index (χ0n) is 23.2. The van der Waals surface area contributed by atoms with Gasteiger partial charge >= 0.3 is 5.97 Å². The Bertz CT molecular complexity index is 1160. The van der Waals surface area contributed by atoms with E-state index >= 15 is 0 Å². The molecule has 4 saturated carbocycles. The monoisotopic (exact) mass is 542 g/mol. The van der Waals surface area contributed by atoms with Crippen LogP contribution in [0.3, 0.4) is 0 Å². The van der Waals surface area contributed by atoms with E-state index in [4.69, 9.17) is 8.92 Å². The summed E-state index contributed by atoms with van der Waals surface area (Å²) >= 11 is 0. The molecule has 39 heavy (non-hydrogen) atoms. The van der Waals surface area contributed by atoms with Gasteiger partial charge in [0.2, 0.25) is 0 Å². The molecule has 4 aliphatic rings. The predicted octanol–water partition coefficient (Wildman–Crippen LogP) is 9.60. The van der Waals surface area contributed by atoms with Gasteiger partial charge in [0.25, 0.3) is 0 Å². The normalized spacial score (nSPS) is 25.8. The Labute approximate surface area is 235 Å². The largest absolute Gasteiger partial charge is 0.494 e. The topological polar surface area (TPSA) is 35.5 Å². The fourth-order valence-corrected chi connectivity index (χ4v) is 10.9. The summed E-state index contributed by atoms with van der Waals surface area (Å²) in [6, 6.07) is 29.2. The Morgan fingerprint density at radius 2 is 1.23 bits per heavy atom. The molecule has 0 amide bonds. The summed E-state index contributed by atoms with van der Waals surface area (Å²) in [4.78, 5) is 17.7. The molecule has 3 aromatic rings. The average molecular weight is 543 g/mol. The van der Waals surface area contributed by atoms with E-state index < -0.39 is 10.3 Å². The van der Waals surface area contributed by atoms with Crippen molar-refractivity contribution < 1.29 is 13.7 Å². The third-order valence-corrected chi connectivity index (χ3v) is 12.5. The van der Waals surface area contributed by atoms with E-state index in [2.05, 4.69) is 79.7 Å². The number of carbonyl (C=O) groups excluding carboxylic acids is 1. The quantitative estimate of drug-likeness (QED) is 0.226. The lowest BCUT2D eigenvalue weighted by Crippen LogP contribution is -2.50. The lowest BCUT2D eigenvalue weighted by molar-refractivity contribution is -0.160. The second-order valence-electron chi connectivity index (χ2n) is 12.1. The summed E-state index contributed by atoms with van der Waals surface area (Å²) in [7, 11) is -2.28. The van der Waals surface area contributed by atoms with E-state index in [1.54, 1.807) is 0 Å². The maximum atomic E-state index is 14.5. The Hall–Kier alpha value is -2.72. The van der Waals surface area contributed by atoms with Crippen molar-refractivity contribution in [2.24, 2.45) is 23.2 Å². The molecule has 0 N–H and O–H groups in total. The maximum absolute atomic E-state index is 14.5. The molecule has 4 aliphatic carbocycles. The molecule has 0 aliphatic heterocycles. The third kappa shape index (κ3) is 5.25. The second-order valence-corrected chi connectivity index (χ2v) is 14.8. The van der Waals surface area contributed by atoms with Gasteiger partial charge in [-0.3, -0.25) is 4.79 Å². The maximum Gasteiger partial charge on any atom is 0.323 e. The molecule has 0 atom stereocenters. The lowest BCUT2D eigenvalue weighted by Gasteiger charge is -2.56. The van der Waals surface area contributed by atoms with Crippen LogP contribution >= 0.6 is 10.3 Å². The van der Waals surface area contributed by atoms with Gasteiger partial charge in [0.05, 0.1) is 12.0 Å². The summed E-state index contributed by atoms with van der Waals surface area (Å²) < 4.78 is 13.1. The van der Waals surface area contributed by atoms with Crippen LogP contribution in [0.2, 0.25) is 0 Å². The Morgan fingerprint density at radius 1 is 0.718 bits per heavy atom. The van der Waals surface area contributed by atoms with Gasteiger partial charge in [-0.25, -0.2) is 0 Å². The molecule has 0 unspecified atom stereocenters. The molecule has 0 heterocycles. The number of carbonyl (C=O) groups is 1. The highest BCUT2D eigenvalue weighted by Crippen LogP contribution is 2.71. The highest BCUT2D eigenvalue weighted by atomic mass is 32.3. The number of benzene rings is 3. The number of unbranched alkanes of at least 4 members (excludes halogenated alkanes) is 3. The van der Waals surface area contributed by atoms with Crippen molar-refractivity contribution in [3.63, 3.8) is 0 Å². The smallest absolute Gasteiger partial charge is 0.323 e. The van der Waals surface area contributed by atoms with Crippen LogP contribution in [0.15, 0.2) is 99.6 Å². The highest BCUT2D eigenvalue weighted by molar-refractivity contribution is 8.30. The molecule has 0 spiro atoms. The Kier molecular flexibility index (Phi) is 7.75.